The molecule has 0 spiro atoms. The Kier molecular flexibility index (Phi) is 4.27. The van der Waals surface area contributed by atoms with Crippen LogP contribution < -0.4 is 5.32 Å². The summed E-state index contributed by atoms with van der Waals surface area (Å²) in [5.74, 6) is -1.09. The third-order valence-corrected chi connectivity index (χ3v) is 2.94. The minimum atomic E-state index is -0.556. The van der Waals surface area contributed by atoms with Gasteiger partial charge in [0.1, 0.15) is 11.6 Å². The van der Waals surface area contributed by atoms with Crippen molar-refractivity contribution in [3.8, 4) is 11.1 Å². The van der Waals surface area contributed by atoms with E-state index >= 15 is 0 Å². The van der Waals surface area contributed by atoms with Crippen molar-refractivity contribution >= 4 is 0 Å². The van der Waals surface area contributed by atoms with Gasteiger partial charge in [-0.2, -0.15) is 0 Å². The average molecular weight is 261 g/mol. The zero-order chi connectivity index (χ0) is 13.8. The predicted molar refractivity (Wildman–Crippen MR) is 73.8 cm³/mol. The second-order valence-corrected chi connectivity index (χ2v) is 4.82. The monoisotopic (exact) mass is 261 g/mol. The molecule has 1 nitrogen and oxygen atoms in total. The number of halogens is 2. The Labute approximate surface area is 112 Å². The second-order valence-electron chi connectivity index (χ2n) is 4.82. The molecule has 0 amide bonds. The lowest BCUT2D eigenvalue weighted by Crippen LogP contribution is -2.22. The molecule has 0 bridgehead atoms. The van der Waals surface area contributed by atoms with Crippen molar-refractivity contribution in [2.24, 2.45) is 0 Å². The van der Waals surface area contributed by atoms with Gasteiger partial charge in [-0.05, 0) is 23.3 Å². The Morgan fingerprint density at radius 1 is 1.00 bits per heavy atom. The highest BCUT2D eigenvalue weighted by atomic mass is 19.1. The molecular weight excluding hydrogens is 244 g/mol. The maximum absolute atomic E-state index is 13.9. The summed E-state index contributed by atoms with van der Waals surface area (Å²) in [5, 5.41) is 3.31. The van der Waals surface area contributed by atoms with Crippen molar-refractivity contribution in [3.05, 3.63) is 59.7 Å². The van der Waals surface area contributed by atoms with E-state index in [2.05, 4.69) is 19.2 Å². The molecule has 0 fully saturated rings. The zero-order valence-corrected chi connectivity index (χ0v) is 11.1. The van der Waals surface area contributed by atoms with Gasteiger partial charge in [0.05, 0.1) is 0 Å². The van der Waals surface area contributed by atoms with E-state index in [1.54, 1.807) is 0 Å². The van der Waals surface area contributed by atoms with Gasteiger partial charge in [0.2, 0.25) is 0 Å². The Hall–Kier alpha value is -1.74. The fourth-order valence-electron chi connectivity index (χ4n) is 1.96. The van der Waals surface area contributed by atoms with Crippen LogP contribution in [0.15, 0.2) is 42.5 Å². The second kappa shape index (κ2) is 5.93. The molecule has 0 radical (unpaired) electrons. The molecule has 0 aromatic heterocycles. The highest BCUT2D eigenvalue weighted by Crippen LogP contribution is 2.26. The van der Waals surface area contributed by atoms with E-state index in [9.17, 15) is 8.78 Å². The molecular formula is C16H17F2N. The van der Waals surface area contributed by atoms with Gasteiger partial charge in [-0.1, -0.05) is 38.1 Å². The molecule has 2 aromatic rings. The van der Waals surface area contributed by atoms with Crippen LogP contribution >= 0.6 is 0 Å². The molecule has 3 heteroatoms. The molecule has 2 aromatic carbocycles. The normalized spacial score (nSPS) is 11.0. The van der Waals surface area contributed by atoms with E-state index in [0.29, 0.717) is 18.2 Å². The van der Waals surface area contributed by atoms with E-state index < -0.39 is 11.6 Å². The summed E-state index contributed by atoms with van der Waals surface area (Å²) in [6, 6.07) is 11.6. The Morgan fingerprint density at radius 2 is 1.74 bits per heavy atom. The van der Waals surface area contributed by atoms with Crippen molar-refractivity contribution in [3.63, 3.8) is 0 Å². The van der Waals surface area contributed by atoms with Gasteiger partial charge in [-0.25, -0.2) is 8.78 Å². The summed E-state index contributed by atoms with van der Waals surface area (Å²) in [6.45, 7) is 4.77. The minimum Gasteiger partial charge on any atom is -0.310 e. The summed E-state index contributed by atoms with van der Waals surface area (Å²) >= 11 is 0. The van der Waals surface area contributed by atoms with E-state index in [1.807, 2.05) is 24.3 Å². The molecule has 2 rings (SSSR count). The lowest BCUT2D eigenvalue weighted by Gasteiger charge is -2.13. The molecule has 0 saturated heterocycles. The van der Waals surface area contributed by atoms with Crippen LogP contribution in [0.4, 0.5) is 8.78 Å². The van der Waals surface area contributed by atoms with Gasteiger partial charge >= 0.3 is 0 Å². The van der Waals surface area contributed by atoms with E-state index in [1.165, 1.54) is 12.1 Å². The fraction of sp³-hybridized carbons (Fsp3) is 0.250. The molecule has 0 atom stereocenters. The Bertz CT molecular complexity index is 564. The molecule has 0 saturated carbocycles. The summed E-state index contributed by atoms with van der Waals surface area (Å²) < 4.78 is 26.8. The first-order chi connectivity index (χ1) is 9.08. The van der Waals surface area contributed by atoms with Gasteiger partial charge in [0.15, 0.2) is 0 Å². The van der Waals surface area contributed by atoms with Crippen LogP contribution in [0.25, 0.3) is 11.1 Å². The number of rotatable bonds is 4. The van der Waals surface area contributed by atoms with Gasteiger partial charge in [0.25, 0.3) is 0 Å². The first-order valence-corrected chi connectivity index (χ1v) is 6.34. The summed E-state index contributed by atoms with van der Waals surface area (Å²) in [7, 11) is 0. The van der Waals surface area contributed by atoms with Crippen LogP contribution in [-0.2, 0) is 6.54 Å². The van der Waals surface area contributed by atoms with E-state index in [-0.39, 0.29) is 0 Å². The van der Waals surface area contributed by atoms with Crippen molar-refractivity contribution in [1.82, 2.24) is 5.32 Å². The Balaban J connectivity index is 2.38. The molecule has 100 valence electrons. The lowest BCUT2D eigenvalue weighted by molar-refractivity contribution is 0.583. The van der Waals surface area contributed by atoms with Crippen LogP contribution in [0.3, 0.4) is 0 Å². The smallest absolute Gasteiger partial charge is 0.133 e. The number of hydrogen-bond donors (Lipinski definition) is 1. The van der Waals surface area contributed by atoms with E-state index in [4.69, 9.17) is 0 Å². The fourth-order valence-corrected chi connectivity index (χ4v) is 1.96. The largest absolute Gasteiger partial charge is 0.310 e. The molecule has 0 heterocycles. The van der Waals surface area contributed by atoms with Crippen molar-refractivity contribution in [1.29, 1.82) is 0 Å². The van der Waals surface area contributed by atoms with Crippen LogP contribution in [0, 0.1) is 11.6 Å². The minimum absolute atomic E-state index is 0.353. The summed E-state index contributed by atoms with van der Waals surface area (Å²) in [5.41, 5.74) is 2.23. The van der Waals surface area contributed by atoms with Crippen LogP contribution in [0.2, 0.25) is 0 Å². The van der Waals surface area contributed by atoms with Crippen molar-refractivity contribution in [2.45, 2.75) is 26.4 Å². The first-order valence-electron chi connectivity index (χ1n) is 6.34. The number of hydrogen-bond acceptors (Lipinski definition) is 1. The number of nitrogens with one attached hydrogen (secondary N) is 1. The maximum Gasteiger partial charge on any atom is 0.133 e. The lowest BCUT2D eigenvalue weighted by atomic mass is 9.99. The third kappa shape index (κ3) is 3.38. The zero-order valence-electron chi connectivity index (χ0n) is 11.1. The van der Waals surface area contributed by atoms with Crippen LogP contribution in [-0.4, -0.2) is 6.04 Å². The average Bonchev–Trinajstić information content (AvgIpc) is 2.37. The van der Waals surface area contributed by atoms with Crippen molar-refractivity contribution < 1.29 is 8.78 Å². The molecule has 0 aliphatic carbocycles. The topological polar surface area (TPSA) is 12.0 Å². The highest BCUT2D eigenvalue weighted by molar-refractivity contribution is 5.67. The quantitative estimate of drug-likeness (QED) is 0.872. The van der Waals surface area contributed by atoms with Gasteiger partial charge < -0.3 is 5.32 Å². The van der Waals surface area contributed by atoms with Crippen LogP contribution in [0.5, 0.6) is 0 Å². The van der Waals surface area contributed by atoms with Gasteiger partial charge in [-0.15, -0.1) is 0 Å². The van der Waals surface area contributed by atoms with Gasteiger partial charge in [0, 0.05) is 24.2 Å². The predicted octanol–water partition coefficient (Wildman–Crippen LogP) is 4.13. The molecule has 0 aliphatic heterocycles. The number of benzene rings is 2. The highest BCUT2D eigenvalue weighted by Gasteiger charge is 2.10. The molecule has 0 aliphatic rings. The molecule has 19 heavy (non-hydrogen) atoms. The maximum atomic E-state index is 13.9. The van der Waals surface area contributed by atoms with Gasteiger partial charge in [-0.3, -0.25) is 0 Å². The molecule has 0 unspecified atom stereocenters. The SMILES string of the molecule is CC(C)NCc1ccccc1-c1ccc(F)cc1F. The summed E-state index contributed by atoms with van der Waals surface area (Å²) in [6.07, 6.45) is 0. The van der Waals surface area contributed by atoms with Crippen molar-refractivity contribution in [2.75, 3.05) is 0 Å². The first kappa shape index (κ1) is 13.7. The third-order valence-electron chi connectivity index (χ3n) is 2.94. The molecule has 1 N–H and O–H groups in total. The van der Waals surface area contributed by atoms with Crippen LogP contribution in [0.1, 0.15) is 19.4 Å². The summed E-state index contributed by atoms with van der Waals surface area (Å²) in [4.78, 5) is 0. The van der Waals surface area contributed by atoms with E-state index in [0.717, 1.165) is 17.2 Å². The standard InChI is InChI=1S/C16H17F2N/c1-11(2)19-10-12-5-3-4-6-14(12)15-8-7-13(17)9-16(15)18/h3-9,11,19H,10H2,1-2H3. The Morgan fingerprint density at radius 3 is 2.42 bits per heavy atom.